The lowest BCUT2D eigenvalue weighted by Gasteiger charge is -2.33. The van der Waals surface area contributed by atoms with Crippen molar-refractivity contribution >= 4 is 17.6 Å². The smallest absolute Gasteiger partial charge is 0.321 e. The van der Waals surface area contributed by atoms with E-state index in [4.69, 9.17) is 0 Å². The molecule has 0 spiro atoms. The zero-order valence-corrected chi connectivity index (χ0v) is 14.8. The number of hydrogen-bond donors (Lipinski definition) is 2. The number of carbonyl (C=O) groups excluding carboxylic acids is 2. The average molecular weight is 331 g/mol. The van der Waals surface area contributed by atoms with Crippen molar-refractivity contribution in [3.05, 3.63) is 29.8 Å². The minimum atomic E-state index is -0.0483. The van der Waals surface area contributed by atoms with E-state index in [1.54, 1.807) is 0 Å². The van der Waals surface area contributed by atoms with Gasteiger partial charge >= 0.3 is 6.03 Å². The normalized spacial score (nSPS) is 17.4. The molecule has 0 radical (unpaired) electrons. The molecule has 0 saturated carbocycles. The van der Waals surface area contributed by atoms with Crippen LogP contribution in [0.15, 0.2) is 24.3 Å². The Labute approximate surface area is 144 Å². The summed E-state index contributed by atoms with van der Waals surface area (Å²) in [6.45, 7) is 6.24. The van der Waals surface area contributed by atoms with Crippen molar-refractivity contribution in [2.45, 2.75) is 46.0 Å². The summed E-state index contributed by atoms with van der Waals surface area (Å²) < 4.78 is 0. The van der Waals surface area contributed by atoms with Gasteiger partial charge in [-0.05, 0) is 49.3 Å². The first-order valence-electron chi connectivity index (χ1n) is 9.04. The second kappa shape index (κ2) is 9.30. The predicted molar refractivity (Wildman–Crippen MR) is 97.1 cm³/mol. The summed E-state index contributed by atoms with van der Waals surface area (Å²) in [4.78, 5) is 25.9. The van der Waals surface area contributed by atoms with Crippen molar-refractivity contribution < 1.29 is 9.59 Å². The number of hydrogen-bond acceptors (Lipinski definition) is 2. The van der Waals surface area contributed by atoms with Gasteiger partial charge in [0.25, 0.3) is 0 Å². The fourth-order valence-corrected chi connectivity index (χ4v) is 3.06. The number of anilines is 1. The molecule has 1 aliphatic heterocycles. The minimum Gasteiger partial charge on any atom is -0.356 e. The number of rotatable bonds is 6. The van der Waals surface area contributed by atoms with Gasteiger partial charge < -0.3 is 15.5 Å². The second-order valence-corrected chi connectivity index (χ2v) is 6.49. The lowest BCUT2D eigenvalue weighted by molar-refractivity contribution is -0.121. The number of nitrogens with one attached hydrogen (secondary N) is 2. The average Bonchev–Trinajstić information content (AvgIpc) is 2.60. The lowest BCUT2D eigenvalue weighted by atomic mass is 9.98. The van der Waals surface area contributed by atoms with Crippen LogP contribution in [0.25, 0.3) is 0 Å². The molecule has 0 aliphatic carbocycles. The van der Waals surface area contributed by atoms with E-state index >= 15 is 0 Å². The number of aryl methyl sites for hydroxylation is 1. The molecule has 5 nitrogen and oxygen atoms in total. The van der Waals surface area contributed by atoms with E-state index in [1.807, 2.05) is 30.0 Å². The lowest BCUT2D eigenvalue weighted by Crippen LogP contribution is -2.45. The summed E-state index contributed by atoms with van der Waals surface area (Å²) in [5.41, 5.74) is 2.06. The Balaban J connectivity index is 1.84. The first-order chi connectivity index (χ1) is 11.6. The number of nitrogens with zero attached hydrogens (tertiary/aromatic N) is 1. The Morgan fingerprint density at radius 2 is 2.12 bits per heavy atom. The molecule has 3 amide bonds. The van der Waals surface area contributed by atoms with Gasteiger partial charge in [-0.25, -0.2) is 4.79 Å². The van der Waals surface area contributed by atoms with E-state index < -0.39 is 0 Å². The van der Waals surface area contributed by atoms with Crippen molar-refractivity contribution in [2.24, 2.45) is 5.92 Å². The van der Waals surface area contributed by atoms with E-state index in [1.165, 1.54) is 5.56 Å². The van der Waals surface area contributed by atoms with Crippen LogP contribution in [0.4, 0.5) is 10.5 Å². The van der Waals surface area contributed by atoms with Gasteiger partial charge in [-0.3, -0.25) is 4.79 Å². The molecule has 1 unspecified atom stereocenters. The molecule has 132 valence electrons. The molecule has 2 rings (SSSR count). The van der Waals surface area contributed by atoms with Crippen LogP contribution < -0.4 is 10.6 Å². The Kier molecular flexibility index (Phi) is 7.09. The maximum atomic E-state index is 12.5. The van der Waals surface area contributed by atoms with Gasteiger partial charge in [-0.15, -0.1) is 0 Å². The van der Waals surface area contributed by atoms with Crippen molar-refractivity contribution in [3.8, 4) is 0 Å². The zero-order valence-electron chi connectivity index (χ0n) is 14.8. The van der Waals surface area contributed by atoms with E-state index in [2.05, 4.69) is 23.6 Å². The van der Waals surface area contributed by atoms with Crippen LogP contribution in [0.2, 0.25) is 0 Å². The fraction of sp³-hybridized carbons (Fsp3) is 0.579. The first kappa shape index (κ1) is 18.3. The number of carbonyl (C=O) groups is 2. The van der Waals surface area contributed by atoms with E-state index in [0.29, 0.717) is 25.4 Å². The highest BCUT2D eigenvalue weighted by molar-refractivity contribution is 5.89. The molecule has 1 aromatic carbocycles. The van der Waals surface area contributed by atoms with Gasteiger partial charge in [-0.2, -0.15) is 0 Å². The second-order valence-electron chi connectivity index (χ2n) is 6.49. The monoisotopic (exact) mass is 331 g/mol. The van der Waals surface area contributed by atoms with Crippen LogP contribution in [0.3, 0.4) is 0 Å². The van der Waals surface area contributed by atoms with Gasteiger partial charge in [0.05, 0.1) is 0 Å². The molecular weight excluding hydrogens is 302 g/mol. The summed E-state index contributed by atoms with van der Waals surface area (Å²) in [7, 11) is 0. The molecule has 1 fully saturated rings. The Morgan fingerprint density at radius 3 is 2.88 bits per heavy atom. The van der Waals surface area contributed by atoms with Crippen LogP contribution in [0.1, 0.15) is 45.1 Å². The zero-order chi connectivity index (χ0) is 17.4. The van der Waals surface area contributed by atoms with E-state index in [0.717, 1.165) is 37.9 Å². The van der Waals surface area contributed by atoms with Gasteiger partial charge in [0.2, 0.25) is 5.91 Å². The number of benzene rings is 1. The Morgan fingerprint density at radius 1 is 1.29 bits per heavy atom. The quantitative estimate of drug-likeness (QED) is 0.839. The van der Waals surface area contributed by atoms with E-state index in [-0.39, 0.29) is 11.9 Å². The predicted octanol–water partition coefficient (Wildman–Crippen LogP) is 3.41. The molecule has 1 atom stereocenters. The molecular formula is C19H29N3O2. The molecule has 1 saturated heterocycles. The third-order valence-corrected chi connectivity index (χ3v) is 4.46. The summed E-state index contributed by atoms with van der Waals surface area (Å²) >= 11 is 0. The highest BCUT2D eigenvalue weighted by atomic mass is 16.2. The first-order valence-corrected chi connectivity index (χ1v) is 9.04. The molecule has 0 bridgehead atoms. The third-order valence-electron chi connectivity index (χ3n) is 4.46. The van der Waals surface area contributed by atoms with E-state index in [9.17, 15) is 9.59 Å². The topological polar surface area (TPSA) is 61.4 Å². The summed E-state index contributed by atoms with van der Waals surface area (Å²) in [5.74, 6) is 0.447. The fourth-order valence-electron chi connectivity index (χ4n) is 3.06. The molecule has 1 aliphatic rings. The largest absolute Gasteiger partial charge is 0.356 e. The number of urea groups is 1. The molecule has 1 heterocycles. The SMILES string of the molecule is CCCC(=O)NCC1CCCN(C(=O)Nc2cccc(CC)c2)C1. The molecule has 5 heteroatoms. The van der Waals surface area contributed by atoms with Crippen molar-refractivity contribution in [3.63, 3.8) is 0 Å². The summed E-state index contributed by atoms with van der Waals surface area (Å²) in [6.07, 6.45) is 4.43. The highest BCUT2D eigenvalue weighted by Gasteiger charge is 2.24. The van der Waals surface area contributed by atoms with Crippen molar-refractivity contribution in [1.82, 2.24) is 10.2 Å². The van der Waals surface area contributed by atoms with Crippen LogP contribution in [0.5, 0.6) is 0 Å². The van der Waals surface area contributed by atoms with Gasteiger partial charge in [-0.1, -0.05) is 26.0 Å². The number of amides is 3. The van der Waals surface area contributed by atoms with Crippen LogP contribution in [0, 0.1) is 5.92 Å². The van der Waals surface area contributed by atoms with Crippen LogP contribution in [-0.4, -0.2) is 36.5 Å². The van der Waals surface area contributed by atoms with Crippen LogP contribution in [-0.2, 0) is 11.2 Å². The molecule has 2 N–H and O–H groups in total. The highest BCUT2D eigenvalue weighted by Crippen LogP contribution is 2.18. The minimum absolute atomic E-state index is 0.0483. The Bertz CT molecular complexity index is 559. The molecule has 24 heavy (non-hydrogen) atoms. The van der Waals surface area contributed by atoms with Gasteiger partial charge in [0, 0.05) is 31.7 Å². The Hall–Kier alpha value is -2.04. The van der Waals surface area contributed by atoms with Gasteiger partial charge in [0.1, 0.15) is 0 Å². The standard InChI is InChI=1S/C19H29N3O2/c1-3-7-18(23)20-13-16-9-6-11-22(14-16)19(24)21-17-10-5-8-15(4-2)12-17/h5,8,10,12,16H,3-4,6-7,9,11,13-14H2,1-2H3,(H,20,23)(H,21,24). The molecule has 1 aromatic rings. The number of likely N-dealkylation sites (tertiary alicyclic amines) is 1. The molecule has 0 aromatic heterocycles. The van der Waals surface area contributed by atoms with Crippen molar-refractivity contribution in [2.75, 3.05) is 25.0 Å². The third kappa shape index (κ3) is 5.55. The maximum absolute atomic E-state index is 12.5. The maximum Gasteiger partial charge on any atom is 0.321 e. The van der Waals surface area contributed by atoms with Crippen LogP contribution >= 0.6 is 0 Å². The van der Waals surface area contributed by atoms with Crippen molar-refractivity contribution in [1.29, 1.82) is 0 Å². The van der Waals surface area contributed by atoms with Gasteiger partial charge in [0.15, 0.2) is 0 Å². The summed E-state index contributed by atoms with van der Waals surface area (Å²) in [5, 5.41) is 5.97. The number of piperidine rings is 1. The summed E-state index contributed by atoms with van der Waals surface area (Å²) in [6, 6.07) is 7.92.